The molecule has 0 bridgehead atoms. The Hall–Kier alpha value is -1.42. The molecule has 1 aromatic rings. The molecular formula is C13H20N2O2. The van der Waals surface area contributed by atoms with Crippen LogP contribution in [0.3, 0.4) is 0 Å². The summed E-state index contributed by atoms with van der Waals surface area (Å²) in [7, 11) is 0. The molecule has 1 rings (SSSR count). The molecule has 0 aliphatic heterocycles. The maximum absolute atomic E-state index is 11.7. The molecule has 0 fully saturated rings. The zero-order valence-electron chi connectivity index (χ0n) is 10.4. The van der Waals surface area contributed by atoms with Gasteiger partial charge in [0.05, 0.1) is 19.1 Å². The lowest BCUT2D eigenvalue weighted by Gasteiger charge is -2.18. The Balaban J connectivity index is 2.43. The molecule has 4 nitrogen and oxygen atoms in total. The average molecular weight is 236 g/mol. The third kappa shape index (κ3) is 5.45. The number of carbonyl (C=O) groups is 1. The number of aliphatic hydroxyl groups excluding tert-OH is 1. The minimum absolute atomic E-state index is 0.0169. The number of amides is 1. The Morgan fingerprint density at radius 2 is 2.29 bits per heavy atom. The molecule has 0 saturated heterocycles. The second-order valence-corrected chi connectivity index (χ2v) is 4.61. The quantitative estimate of drug-likeness (QED) is 0.778. The molecule has 1 atom stereocenters. The summed E-state index contributed by atoms with van der Waals surface area (Å²) in [5.41, 5.74) is 0.881. The van der Waals surface area contributed by atoms with Crippen LogP contribution >= 0.6 is 0 Å². The molecule has 4 heteroatoms. The van der Waals surface area contributed by atoms with Crippen LogP contribution in [0.5, 0.6) is 0 Å². The standard InChI is InChI=1S/C13H20N2O2/c1-10(2)6-12(9-16)15-13(17)7-11-4-3-5-14-8-11/h3-5,8,10,12,16H,6-7,9H2,1-2H3,(H,15,17). The fourth-order valence-corrected chi connectivity index (χ4v) is 1.71. The zero-order valence-corrected chi connectivity index (χ0v) is 10.4. The van der Waals surface area contributed by atoms with E-state index in [2.05, 4.69) is 24.1 Å². The van der Waals surface area contributed by atoms with Crippen LogP contribution in [0.4, 0.5) is 0 Å². The minimum Gasteiger partial charge on any atom is -0.394 e. The number of pyridine rings is 1. The third-order valence-corrected chi connectivity index (χ3v) is 2.43. The topological polar surface area (TPSA) is 62.2 Å². The molecule has 0 aliphatic rings. The Labute approximate surface area is 102 Å². The van der Waals surface area contributed by atoms with Crippen molar-refractivity contribution in [3.63, 3.8) is 0 Å². The molecule has 17 heavy (non-hydrogen) atoms. The highest BCUT2D eigenvalue weighted by Gasteiger charge is 2.13. The number of nitrogens with zero attached hydrogens (tertiary/aromatic N) is 1. The number of aromatic nitrogens is 1. The van der Waals surface area contributed by atoms with Crippen LogP contribution in [-0.2, 0) is 11.2 Å². The summed E-state index contributed by atoms with van der Waals surface area (Å²) < 4.78 is 0. The van der Waals surface area contributed by atoms with Gasteiger partial charge in [0.1, 0.15) is 0 Å². The summed E-state index contributed by atoms with van der Waals surface area (Å²) >= 11 is 0. The summed E-state index contributed by atoms with van der Waals surface area (Å²) in [4.78, 5) is 15.7. The lowest BCUT2D eigenvalue weighted by molar-refractivity contribution is -0.121. The van der Waals surface area contributed by atoms with Crippen LogP contribution in [-0.4, -0.2) is 28.6 Å². The van der Waals surface area contributed by atoms with Crippen molar-refractivity contribution in [2.45, 2.75) is 32.7 Å². The predicted octanol–water partition coefficient (Wildman–Crippen LogP) is 1.15. The van der Waals surface area contributed by atoms with E-state index < -0.39 is 0 Å². The predicted molar refractivity (Wildman–Crippen MR) is 66.4 cm³/mol. The summed E-state index contributed by atoms with van der Waals surface area (Å²) in [6.45, 7) is 4.11. The normalized spacial score (nSPS) is 12.5. The largest absolute Gasteiger partial charge is 0.394 e. The molecule has 1 heterocycles. The first-order valence-corrected chi connectivity index (χ1v) is 5.91. The van der Waals surface area contributed by atoms with Gasteiger partial charge in [-0.3, -0.25) is 9.78 Å². The van der Waals surface area contributed by atoms with Gasteiger partial charge in [-0.25, -0.2) is 0 Å². The summed E-state index contributed by atoms with van der Waals surface area (Å²) in [6, 6.07) is 3.52. The van der Waals surface area contributed by atoms with Crippen molar-refractivity contribution in [1.29, 1.82) is 0 Å². The fourth-order valence-electron chi connectivity index (χ4n) is 1.71. The first-order chi connectivity index (χ1) is 8.11. The second-order valence-electron chi connectivity index (χ2n) is 4.61. The van der Waals surface area contributed by atoms with Crippen LogP contribution < -0.4 is 5.32 Å². The Kier molecular flexibility index (Phi) is 5.63. The summed E-state index contributed by atoms with van der Waals surface area (Å²) in [5.74, 6) is 0.378. The number of hydrogen-bond donors (Lipinski definition) is 2. The van der Waals surface area contributed by atoms with Crippen molar-refractivity contribution < 1.29 is 9.90 Å². The summed E-state index contributed by atoms with van der Waals surface area (Å²) in [6.07, 6.45) is 4.45. The molecule has 0 aromatic carbocycles. The fraction of sp³-hybridized carbons (Fsp3) is 0.538. The van der Waals surface area contributed by atoms with Gasteiger partial charge in [0.2, 0.25) is 5.91 Å². The molecule has 0 radical (unpaired) electrons. The van der Waals surface area contributed by atoms with Crippen LogP contribution in [0.2, 0.25) is 0 Å². The van der Waals surface area contributed by atoms with Crippen LogP contribution in [0, 0.1) is 5.92 Å². The van der Waals surface area contributed by atoms with Crippen molar-refractivity contribution in [2.24, 2.45) is 5.92 Å². The van der Waals surface area contributed by atoms with E-state index in [1.54, 1.807) is 18.5 Å². The van der Waals surface area contributed by atoms with Gasteiger partial charge < -0.3 is 10.4 Å². The molecule has 0 saturated carbocycles. The van der Waals surface area contributed by atoms with E-state index in [0.29, 0.717) is 12.3 Å². The molecule has 1 amide bonds. The molecule has 94 valence electrons. The van der Waals surface area contributed by atoms with Gasteiger partial charge in [-0.05, 0) is 24.0 Å². The molecule has 0 aliphatic carbocycles. The van der Waals surface area contributed by atoms with Gasteiger partial charge >= 0.3 is 0 Å². The Morgan fingerprint density at radius 1 is 1.53 bits per heavy atom. The van der Waals surface area contributed by atoms with E-state index in [1.807, 2.05) is 6.07 Å². The molecular weight excluding hydrogens is 216 g/mol. The molecule has 0 spiro atoms. The van der Waals surface area contributed by atoms with E-state index in [0.717, 1.165) is 12.0 Å². The lowest BCUT2D eigenvalue weighted by Crippen LogP contribution is -2.39. The monoisotopic (exact) mass is 236 g/mol. The maximum atomic E-state index is 11.7. The van der Waals surface area contributed by atoms with Crippen molar-refractivity contribution in [2.75, 3.05) is 6.61 Å². The van der Waals surface area contributed by atoms with E-state index in [9.17, 15) is 4.79 Å². The number of carbonyl (C=O) groups excluding carboxylic acids is 1. The maximum Gasteiger partial charge on any atom is 0.224 e. The first-order valence-electron chi connectivity index (χ1n) is 5.91. The van der Waals surface area contributed by atoms with Crippen molar-refractivity contribution in [3.05, 3.63) is 30.1 Å². The van der Waals surface area contributed by atoms with Crippen molar-refractivity contribution in [3.8, 4) is 0 Å². The minimum atomic E-state index is -0.154. The smallest absolute Gasteiger partial charge is 0.224 e. The van der Waals surface area contributed by atoms with Crippen LogP contribution in [0.25, 0.3) is 0 Å². The van der Waals surface area contributed by atoms with Crippen LogP contribution in [0.1, 0.15) is 25.8 Å². The van der Waals surface area contributed by atoms with Gasteiger partial charge in [0.25, 0.3) is 0 Å². The van der Waals surface area contributed by atoms with E-state index in [-0.39, 0.29) is 18.6 Å². The molecule has 1 aromatic heterocycles. The van der Waals surface area contributed by atoms with E-state index in [4.69, 9.17) is 5.11 Å². The Morgan fingerprint density at radius 3 is 2.82 bits per heavy atom. The lowest BCUT2D eigenvalue weighted by atomic mass is 10.0. The first kappa shape index (κ1) is 13.6. The zero-order chi connectivity index (χ0) is 12.7. The van der Waals surface area contributed by atoms with E-state index >= 15 is 0 Å². The number of rotatable bonds is 6. The van der Waals surface area contributed by atoms with Gasteiger partial charge in [-0.2, -0.15) is 0 Å². The molecule has 1 unspecified atom stereocenters. The highest BCUT2D eigenvalue weighted by Crippen LogP contribution is 2.05. The Bertz CT molecular complexity index is 339. The van der Waals surface area contributed by atoms with Gasteiger partial charge in [0.15, 0.2) is 0 Å². The number of nitrogens with one attached hydrogen (secondary N) is 1. The SMILES string of the molecule is CC(C)CC(CO)NC(=O)Cc1cccnc1. The van der Waals surface area contributed by atoms with E-state index in [1.165, 1.54) is 0 Å². The van der Waals surface area contributed by atoms with Crippen molar-refractivity contribution >= 4 is 5.91 Å². The third-order valence-electron chi connectivity index (χ3n) is 2.43. The second kappa shape index (κ2) is 7.01. The van der Waals surface area contributed by atoms with Gasteiger partial charge in [-0.1, -0.05) is 19.9 Å². The average Bonchev–Trinajstić information content (AvgIpc) is 2.28. The number of aliphatic hydroxyl groups is 1. The number of hydrogen-bond acceptors (Lipinski definition) is 3. The molecule has 2 N–H and O–H groups in total. The highest BCUT2D eigenvalue weighted by molar-refractivity contribution is 5.78. The van der Waals surface area contributed by atoms with Crippen LogP contribution in [0.15, 0.2) is 24.5 Å². The summed E-state index contributed by atoms with van der Waals surface area (Å²) in [5, 5.41) is 12.0. The van der Waals surface area contributed by atoms with Gasteiger partial charge in [0, 0.05) is 12.4 Å². The van der Waals surface area contributed by atoms with Gasteiger partial charge in [-0.15, -0.1) is 0 Å². The van der Waals surface area contributed by atoms with Crippen molar-refractivity contribution in [1.82, 2.24) is 10.3 Å². The highest BCUT2D eigenvalue weighted by atomic mass is 16.3.